The van der Waals surface area contributed by atoms with E-state index in [4.69, 9.17) is 4.98 Å². The van der Waals surface area contributed by atoms with Crippen LogP contribution in [0.5, 0.6) is 0 Å². The van der Waals surface area contributed by atoms with Crippen LogP contribution in [-0.2, 0) is 0 Å². The highest BCUT2D eigenvalue weighted by molar-refractivity contribution is 9.10. The summed E-state index contributed by atoms with van der Waals surface area (Å²) in [6.07, 6.45) is 1.64. The van der Waals surface area contributed by atoms with Crippen LogP contribution in [-0.4, -0.2) is 17.1 Å². The molecule has 1 aromatic heterocycles. The molecule has 5 heteroatoms. The second kappa shape index (κ2) is 8.37. The van der Waals surface area contributed by atoms with E-state index >= 15 is 0 Å². The van der Waals surface area contributed by atoms with Crippen molar-refractivity contribution < 1.29 is 4.79 Å². The Morgan fingerprint density at radius 3 is 2.48 bits per heavy atom. The number of carbonyl (C=O) groups excluding carboxylic acids is 1. The molecule has 4 rings (SSSR count). The molecule has 4 nitrogen and oxygen atoms in total. The molecular formula is C24H18BrN3O. The average molecular weight is 444 g/mol. The van der Waals surface area contributed by atoms with Crippen LogP contribution < -0.4 is 5.43 Å². The summed E-state index contributed by atoms with van der Waals surface area (Å²) in [5.74, 6) is -0.273. The van der Waals surface area contributed by atoms with Crippen LogP contribution in [0, 0.1) is 6.92 Å². The lowest BCUT2D eigenvalue weighted by Crippen LogP contribution is -2.18. The molecule has 0 aliphatic heterocycles. The van der Waals surface area contributed by atoms with Gasteiger partial charge in [0, 0.05) is 15.4 Å². The fraction of sp³-hybridized carbons (Fsp3) is 0.0417. The first-order chi connectivity index (χ1) is 14.1. The lowest BCUT2D eigenvalue weighted by atomic mass is 10.0. The number of nitrogens with zero attached hydrogens (tertiary/aromatic N) is 2. The van der Waals surface area contributed by atoms with Crippen molar-refractivity contribution >= 4 is 39.0 Å². The molecule has 3 aromatic carbocycles. The van der Waals surface area contributed by atoms with E-state index in [9.17, 15) is 4.79 Å². The van der Waals surface area contributed by atoms with Gasteiger partial charge in [-0.25, -0.2) is 10.4 Å². The van der Waals surface area contributed by atoms with Gasteiger partial charge in [-0.1, -0.05) is 76.1 Å². The molecule has 0 aliphatic carbocycles. The number of fused-ring (bicyclic) bond motifs is 1. The fourth-order valence-corrected chi connectivity index (χ4v) is 3.27. The maximum absolute atomic E-state index is 12.9. The molecule has 0 bridgehead atoms. The Bertz CT molecular complexity index is 1200. The van der Waals surface area contributed by atoms with Gasteiger partial charge < -0.3 is 0 Å². The minimum Gasteiger partial charge on any atom is -0.267 e. The number of aromatic nitrogens is 1. The molecule has 142 valence electrons. The van der Waals surface area contributed by atoms with Crippen molar-refractivity contribution in [2.75, 3.05) is 0 Å². The lowest BCUT2D eigenvalue weighted by Gasteiger charge is -2.09. The minimum absolute atomic E-state index is 0.273. The molecule has 1 amide bonds. The summed E-state index contributed by atoms with van der Waals surface area (Å²) < 4.78 is 0.991. The largest absolute Gasteiger partial charge is 0.272 e. The molecule has 4 aromatic rings. The zero-order valence-electron chi connectivity index (χ0n) is 15.8. The van der Waals surface area contributed by atoms with Gasteiger partial charge in [-0.05, 0) is 36.8 Å². The Balaban J connectivity index is 1.67. The molecule has 1 heterocycles. The summed E-state index contributed by atoms with van der Waals surface area (Å²) in [5.41, 5.74) is 7.72. The molecule has 0 saturated heterocycles. The lowest BCUT2D eigenvalue weighted by molar-refractivity contribution is 0.0956. The van der Waals surface area contributed by atoms with Crippen LogP contribution in [0.2, 0.25) is 0 Å². The Labute approximate surface area is 177 Å². The van der Waals surface area contributed by atoms with Crippen LogP contribution in [0.25, 0.3) is 22.2 Å². The Morgan fingerprint density at radius 2 is 1.72 bits per heavy atom. The predicted molar refractivity (Wildman–Crippen MR) is 121 cm³/mol. The maximum atomic E-state index is 12.9. The number of nitrogens with one attached hydrogen (secondary N) is 1. The van der Waals surface area contributed by atoms with Crippen molar-refractivity contribution in [3.8, 4) is 11.3 Å². The molecular weight excluding hydrogens is 426 g/mol. The molecule has 0 unspecified atom stereocenters. The van der Waals surface area contributed by atoms with Crippen LogP contribution in [0.3, 0.4) is 0 Å². The molecule has 0 fully saturated rings. The van der Waals surface area contributed by atoms with Crippen molar-refractivity contribution in [3.63, 3.8) is 0 Å². The first kappa shape index (κ1) is 19.0. The SMILES string of the molecule is Cc1ccc(/C=N\NC(=O)c2cc(-c3ccc(Br)cc3)nc3ccccc23)cc1. The first-order valence-electron chi connectivity index (χ1n) is 9.16. The van der Waals surface area contributed by atoms with Gasteiger partial charge in [0.1, 0.15) is 0 Å². The van der Waals surface area contributed by atoms with Gasteiger partial charge in [-0.3, -0.25) is 4.79 Å². The van der Waals surface area contributed by atoms with E-state index in [1.165, 1.54) is 5.56 Å². The molecule has 0 spiro atoms. The van der Waals surface area contributed by atoms with E-state index in [1.807, 2.05) is 85.8 Å². The zero-order chi connectivity index (χ0) is 20.2. The number of halogens is 1. The summed E-state index contributed by atoms with van der Waals surface area (Å²) in [5, 5.41) is 4.91. The van der Waals surface area contributed by atoms with Crippen molar-refractivity contribution in [1.29, 1.82) is 0 Å². The van der Waals surface area contributed by atoms with Gasteiger partial charge in [-0.15, -0.1) is 0 Å². The molecule has 29 heavy (non-hydrogen) atoms. The molecule has 1 N–H and O–H groups in total. The number of pyridine rings is 1. The topological polar surface area (TPSA) is 54.4 Å². The van der Waals surface area contributed by atoms with Crippen molar-refractivity contribution in [3.05, 3.63) is 100 Å². The average Bonchev–Trinajstić information content (AvgIpc) is 2.75. The zero-order valence-corrected chi connectivity index (χ0v) is 17.3. The third kappa shape index (κ3) is 4.41. The van der Waals surface area contributed by atoms with Crippen molar-refractivity contribution in [1.82, 2.24) is 10.4 Å². The van der Waals surface area contributed by atoms with Gasteiger partial charge in [0.15, 0.2) is 0 Å². The normalized spacial score (nSPS) is 11.1. The number of hydrogen-bond acceptors (Lipinski definition) is 3. The maximum Gasteiger partial charge on any atom is 0.272 e. The Hall–Kier alpha value is -3.31. The number of carbonyl (C=O) groups is 1. The highest BCUT2D eigenvalue weighted by Crippen LogP contribution is 2.26. The molecule has 0 radical (unpaired) electrons. The van der Waals surface area contributed by atoms with Crippen LogP contribution in [0.15, 0.2) is 88.4 Å². The van der Waals surface area contributed by atoms with Crippen molar-refractivity contribution in [2.45, 2.75) is 6.92 Å². The number of amides is 1. The second-order valence-corrected chi connectivity index (χ2v) is 7.60. The van der Waals surface area contributed by atoms with Crippen LogP contribution in [0.1, 0.15) is 21.5 Å². The highest BCUT2D eigenvalue weighted by Gasteiger charge is 2.13. The number of hydrogen-bond donors (Lipinski definition) is 1. The highest BCUT2D eigenvalue weighted by atomic mass is 79.9. The number of benzene rings is 3. The quantitative estimate of drug-likeness (QED) is 0.323. The van der Waals surface area contributed by atoms with Gasteiger partial charge in [-0.2, -0.15) is 5.10 Å². The van der Waals surface area contributed by atoms with E-state index in [-0.39, 0.29) is 5.91 Å². The summed E-state index contributed by atoms with van der Waals surface area (Å²) in [6.45, 7) is 2.03. The fourth-order valence-electron chi connectivity index (χ4n) is 3.01. The van der Waals surface area contributed by atoms with Gasteiger partial charge in [0.2, 0.25) is 0 Å². The molecule has 0 atom stereocenters. The third-order valence-electron chi connectivity index (χ3n) is 4.56. The van der Waals surface area contributed by atoms with Crippen molar-refractivity contribution in [2.24, 2.45) is 5.10 Å². The Morgan fingerprint density at radius 1 is 1.00 bits per heavy atom. The van der Waals surface area contributed by atoms with Gasteiger partial charge >= 0.3 is 0 Å². The summed E-state index contributed by atoms with van der Waals surface area (Å²) in [4.78, 5) is 17.6. The van der Waals surface area contributed by atoms with E-state index < -0.39 is 0 Å². The second-order valence-electron chi connectivity index (χ2n) is 6.69. The van der Waals surface area contributed by atoms with Gasteiger partial charge in [0.25, 0.3) is 5.91 Å². The molecule has 0 aliphatic rings. The van der Waals surface area contributed by atoms with E-state index in [1.54, 1.807) is 6.21 Å². The number of hydrazone groups is 1. The monoisotopic (exact) mass is 443 g/mol. The standard InChI is InChI=1S/C24H18BrN3O/c1-16-6-8-17(9-7-16)15-26-28-24(29)21-14-23(18-10-12-19(25)13-11-18)27-22-5-3-2-4-20(21)22/h2-15H,1H3,(H,28,29)/b26-15-. The number of aryl methyl sites for hydroxylation is 1. The summed E-state index contributed by atoms with van der Waals surface area (Å²) in [6, 6.07) is 25.2. The first-order valence-corrected chi connectivity index (χ1v) is 9.95. The van der Waals surface area contributed by atoms with Crippen LogP contribution in [0.4, 0.5) is 0 Å². The minimum atomic E-state index is -0.273. The number of rotatable bonds is 4. The van der Waals surface area contributed by atoms with E-state index in [2.05, 4.69) is 26.5 Å². The summed E-state index contributed by atoms with van der Waals surface area (Å²) in [7, 11) is 0. The predicted octanol–water partition coefficient (Wildman–Crippen LogP) is 5.74. The third-order valence-corrected chi connectivity index (χ3v) is 5.09. The summed E-state index contributed by atoms with van der Waals surface area (Å²) >= 11 is 3.45. The molecule has 0 saturated carbocycles. The smallest absolute Gasteiger partial charge is 0.267 e. The van der Waals surface area contributed by atoms with Crippen LogP contribution >= 0.6 is 15.9 Å². The van der Waals surface area contributed by atoms with E-state index in [0.717, 1.165) is 32.2 Å². The van der Waals surface area contributed by atoms with Gasteiger partial charge in [0.05, 0.1) is 23.0 Å². The van der Waals surface area contributed by atoms with E-state index in [0.29, 0.717) is 5.56 Å². The Kier molecular flexibility index (Phi) is 5.49. The number of para-hydroxylation sites is 1.